The Balaban J connectivity index is 1.86. The van der Waals surface area contributed by atoms with Crippen LogP contribution in [0.3, 0.4) is 0 Å². The maximum Gasteiger partial charge on any atom is 0.416 e. The Hall–Kier alpha value is -2.26. The van der Waals surface area contributed by atoms with Gasteiger partial charge in [0.05, 0.1) is 23.4 Å². The molecule has 0 bridgehead atoms. The van der Waals surface area contributed by atoms with Gasteiger partial charge >= 0.3 is 6.18 Å². The van der Waals surface area contributed by atoms with Crippen LogP contribution < -0.4 is 10.6 Å². The van der Waals surface area contributed by atoms with Crippen LogP contribution in [0, 0.1) is 12.7 Å². The van der Waals surface area contributed by atoms with Crippen LogP contribution in [-0.2, 0) is 6.18 Å². The van der Waals surface area contributed by atoms with E-state index < -0.39 is 23.7 Å². The summed E-state index contributed by atoms with van der Waals surface area (Å²) in [6, 6.07) is 2.11. The van der Waals surface area contributed by atoms with Crippen LogP contribution in [0.25, 0.3) is 11.1 Å². The molecule has 1 aliphatic rings. The number of nitrogens with one attached hydrogen (secondary N) is 2. The second-order valence-corrected chi connectivity index (χ2v) is 5.86. The van der Waals surface area contributed by atoms with Crippen LogP contribution >= 0.6 is 0 Å². The van der Waals surface area contributed by atoms with E-state index in [0.29, 0.717) is 30.4 Å². The zero-order valence-corrected chi connectivity index (χ0v) is 13.2. The van der Waals surface area contributed by atoms with E-state index in [9.17, 15) is 22.7 Å². The number of alkyl halides is 3. The average molecular weight is 356 g/mol. The van der Waals surface area contributed by atoms with Gasteiger partial charge in [0.2, 0.25) is 5.95 Å². The van der Waals surface area contributed by atoms with E-state index in [4.69, 9.17) is 0 Å². The molecule has 0 saturated carbocycles. The molecule has 1 aliphatic heterocycles. The number of aliphatic hydroxyl groups is 1. The van der Waals surface area contributed by atoms with Crippen molar-refractivity contribution in [2.75, 3.05) is 18.4 Å². The summed E-state index contributed by atoms with van der Waals surface area (Å²) in [6.45, 7) is 2.63. The number of nitrogens with zero attached hydrogens (tertiary/aromatic N) is 2. The van der Waals surface area contributed by atoms with E-state index >= 15 is 0 Å². The summed E-state index contributed by atoms with van der Waals surface area (Å²) in [4.78, 5) is 8.29. The van der Waals surface area contributed by atoms with Crippen LogP contribution in [0.1, 0.15) is 11.3 Å². The molecule has 2 heterocycles. The van der Waals surface area contributed by atoms with Crippen molar-refractivity contribution in [2.45, 2.75) is 25.2 Å². The van der Waals surface area contributed by atoms with Gasteiger partial charge in [-0.3, -0.25) is 0 Å². The summed E-state index contributed by atoms with van der Waals surface area (Å²) in [5.74, 6) is -0.723. The third-order valence-electron chi connectivity index (χ3n) is 4.06. The van der Waals surface area contributed by atoms with Crippen LogP contribution in [0.2, 0.25) is 0 Å². The molecule has 1 aromatic carbocycles. The predicted octanol–water partition coefficient (Wildman–Crippen LogP) is 2.35. The van der Waals surface area contributed by atoms with Gasteiger partial charge in [-0.25, -0.2) is 14.4 Å². The lowest BCUT2D eigenvalue weighted by atomic mass is 10.0. The Labute approximate surface area is 141 Å². The number of aromatic nitrogens is 2. The third-order valence-corrected chi connectivity index (χ3v) is 4.06. The fraction of sp³-hybridized carbons (Fsp3) is 0.375. The first kappa shape index (κ1) is 17.6. The molecule has 1 saturated heterocycles. The molecule has 0 unspecified atom stereocenters. The van der Waals surface area contributed by atoms with E-state index in [1.807, 2.05) is 0 Å². The first-order valence-corrected chi connectivity index (χ1v) is 7.62. The van der Waals surface area contributed by atoms with Gasteiger partial charge in [0.25, 0.3) is 0 Å². The van der Waals surface area contributed by atoms with E-state index in [2.05, 4.69) is 20.6 Å². The molecular weight excluding hydrogens is 340 g/mol. The molecule has 134 valence electrons. The summed E-state index contributed by atoms with van der Waals surface area (Å²) in [6.07, 6.45) is -3.82. The third kappa shape index (κ3) is 3.72. The lowest BCUT2D eigenvalue weighted by molar-refractivity contribution is -0.137. The quantitative estimate of drug-likeness (QED) is 0.737. The van der Waals surface area contributed by atoms with Gasteiger partial charge in [-0.1, -0.05) is 6.07 Å². The largest absolute Gasteiger partial charge is 0.416 e. The van der Waals surface area contributed by atoms with Crippen molar-refractivity contribution < 1.29 is 22.7 Å². The van der Waals surface area contributed by atoms with Crippen molar-refractivity contribution in [1.82, 2.24) is 15.3 Å². The molecule has 3 N–H and O–H groups in total. The molecule has 25 heavy (non-hydrogen) atoms. The number of aliphatic hydroxyl groups excluding tert-OH is 1. The second kappa shape index (κ2) is 6.57. The first-order valence-electron chi connectivity index (χ1n) is 7.62. The lowest BCUT2D eigenvalue weighted by Crippen LogP contribution is -2.32. The van der Waals surface area contributed by atoms with Crippen LogP contribution in [0.15, 0.2) is 24.4 Å². The topological polar surface area (TPSA) is 70.1 Å². The SMILES string of the molecule is Cc1nc(N[C@@H]2CNC[C@H]2O)ncc1-c1ccc(C(F)(F)F)cc1F. The Morgan fingerprint density at radius 1 is 1.24 bits per heavy atom. The molecule has 2 aromatic rings. The summed E-state index contributed by atoms with van der Waals surface area (Å²) in [5.41, 5.74) is -0.327. The highest BCUT2D eigenvalue weighted by Gasteiger charge is 2.31. The van der Waals surface area contributed by atoms with E-state index in [-0.39, 0.29) is 17.6 Å². The van der Waals surface area contributed by atoms with Crippen LogP contribution in [0.4, 0.5) is 23.5 Å². The predicted molar refractivity (Wildman–Crippen MR) is 83.5 cm³/mol. The number of rotatable bonds is 3. The lowest BCUT2D eigenvalue weighted by Gasteiger charge is -2.16. The Kier molecular flexibility index (Phi) is 4.61. The molecule has 9 heteroatoms. The standard InChI is InChI=1S/C16H16F4N4O/c1-8-11(10-3-2-9(4-12(10)17)16(18,19)20)5-22-15(23-8)24-13-6-21-7-14(13)25/h2-5,13-14,21,25H,6-7H2,1H3,(H,22,23,24)/t13-,14-/m1/s1. The summed E-state index contributed by atoms with van der Waals surface area (Å²) >= 11 is 0. The number of aryl methyl sites for hydroxylation is 1. The van der Waals surface area contributed by atoms with Crippen LogP contribution in [0.5, 0.6) is 0 Å². The molecule has 0 aliphatic carbocycles. The number of β-amino-alcohol motifs (C(OH)–C–C–N with tert-alkyl or cyclic N) is 1. The zero-order chi connectivity index (χ0) is 18.2. The van der Waals surface area contributed by atoms with Crippen molar-refractivity contribution in [3.05, 3.63) is 41.5 Å². The zero-order valence-electron chi connectivity index (χ0n) is 13.2. The maximum atomic E-state index is 14.1. The highest BCUT2D eigenvalue weighted by Crippen LogP contribution is 2.33. The summed E-state index contributed by atoms with van der Waals surface area (Å²) in [5, 5.41) is 15.7. The molecule has 0 spiro atoms. The number of halogens is 4. The normalized spacial score (nSPS) is 20.7. The fourth-order valence-electron chi connectivity index (χ4n) is 2.69. The molecule has 3 rings (SSSR count). The molecule has 1 fully saturated rings. The van der Waals surface area contributed by atoms with Gasteiger partial charge < -0.3 is 15.7 Å². The Morgan fingerprint density at radius 3 is 2.56 bits per heavy atom. The van der Waals surface area contributed by atoms with Gasteiger partial charge in [0.1, 0.15) is 5.82 Å². The highest BCUT2D eigenvalue weighted by atomic mass is 19.4. The van der Waals surface area contributed by atoms with E-state index in [1.54, 1.807) is 6.92 Å². The Morgan fingerprint density at radius 2 is 2.00 bits per heavy atom. The number of hydrogen-bond acceptors (Lipinski definition) is 5. The van der Waals surface area contributed by atoms with E-state index in [0.717, 1.165) is 12.1 Å². The maximum absolute atomic E-state index is 14.1. The van der Waals surface area contributed by atoms with Gasteiger partial charge in [-0.2, -0.15) is 13.2 Å². The smallest absolute Gasteiger partial charge is 0.390 e. The van der Waals surface area contributed by atoms with Gasteiger partial charge in [-0.15, -0.1) is 0 Å². The van der Waals surface area contributed by atoms with Gasteiger partial charge in [0.15, 0.2) is 0 Å². The minimum absolute atomic E-state index is 0.000354. The van der Waals surface area contributed by atoms with Crippen molar-refractivity contribution >= 4 is 5.95 Å². The average Bonchev–Trinajstić information content (AvgIpc) is 2.92. The minimum Gasteiger partial charge on any atom is -0.390 e. The highest BCUT2D eigenvalue weighted by molar-refractivity contribution is 5.66. The van der Waals surface area contributed by atoms with Crippen molar-refractivity contribution in [2.24, 2.45) is 0 Å². The molecular formula is C16H16F4N4O. The second-order valence-electron chi connectivity index (χ2n) is 5.86. The first-order chi connectivity index (χ1) is 11.8. The Bertz CT molecular complexity index is 781. The van der Waals surface area contributed by atoms with Crippen LogP contribution in [-0.4, -0.2) is 40.3 Å². The van der Waals surface area contributed by atoms with Crippen molar-refractivity contribution in [3.63, 3.8) is 0 Å². The van der Waals surface area contributed by atoms with Crippen molar-refractivity contribution in [1.29, 1.82) is 0 Å². The molecule has 0 amide bonds. The number of anilines is 1. The van der Waals surface area contributed by atoms with Gasteiger partial charge in [-0.05, 0) is 19.1 Å². The van der Waals surface area contributed by atoms with Crippen molar-refractivity contribution in [3.8, 4) is 11.1 Å². The van der Waals surface area contributed by atoms with E-state index in [1.165, 1.54) is 6.20 Å². The molecule has 5 nitrogen and oxygen atoms in total. The molecule has 1 aromatic heterocycles. The summed E-state index contributed by atoms with van der Waals surface area (Å²) < 4.78 is 52.0. The monoisotopic (exact) mass is 356 g/mol. The molecule has 2 atom stereocenters. The number of benzene rings is 1. The molecule has 0 radical (unpaired) electrons. The summed E-state index contributed by atoms with van der Waals surface area (Å²) in [7, 11) is 0. The minimum atomic E-state index is -4.60. The van der Waals surface area contributed by atoms with Gasteiger partial charge in [0, 0.05) is 30.4 Å². The fourth-order valence-corrected chi connectivity index (χ4v) is 2.69. The number of hydrogen-bond donors (Lipinski definition) is 3.